The van der Waals surface area contributed by atoms with Gasteiger partial charge in [0.05, 0.1) is 29.9 Å². The van der Waals surface area contributed by atoms with Crippen LogP contribution in [0.4, 0.5) is 10.2 Å². The standard InChI is InChI=1S/C19H20BrFN4O4/c1-3-29-19(28)14-7-22-25-9-15(20)18(23-17(14)25)24(11(2)10-26)8-12-6-13(21)4-5-16(12)27/h4-7,9,11,26-27H,3,8,10H2,1-2H3/t11-/m0/s1. The molecule has 0 fully saturated rings. The summed E-state index contributed by atoms with van der Waals surface area (Å²) < 4.78 is 20.7. The van der Waals surface area contributed by atoms with Gasteiger partial charge in [0.2, 0.25) is 0 Å². The summed E-state index contributed by atoms with van der Waals surface area (Å²) in [6.07, 6.45) is 3.00. The average molecular weight is 467 g/mol. The van der Waals surface area contributed by atoms with Gasteiger partial charge in [-0.25, -0.2) is 18.7 Å². The van der Waals surface area contributed by atoms with Crippen molar-refractivity contribution in [3.05, 3.63) is 52.0 Å². The quantitative estimate of drug-likeness (QED) is 0.516. The van der Waals surface area contributed by atoms with E-state index in [0.717, 1.165) is 6.07 Å². The smallest absolute Gasteiger partial charge is 0.343 e. The molecule has 2 heterocycles. The molecule has 29 heavy (non-hydrogen) atoms. The van der Waals surface area contributed by atoms with Crippen molar-refractivity contribution in [2.75, 3.05) is 18.1 Å². The van der Waals surface area contributed by atoms with Crippen LogP contribution in [0.15, 0.2) is 35.1 Å². The van der Waals surface area contributed by atoms with Crippen molar-refractivity contribution in [1.29, 1.82) is 0 Å². The Bertz CT molecular complexity index is 1040. The van der Waals surface area contributed by atoms with E-state index in [2.05, 4.69) is 26.0 Å². The number of benzene rings is 1. The van der Waals surface area contributed by atoms with Gasteiger partial charge in [-0.05, 0) is 48.0 Å². The number of anilines is 1. The van der Waals surface area contributed by atoms with Gasteiger partial charge in [-0.1, -0.05) is 0 Å². The Balaban J connectivity index is 2.09. The normalized spacial score (nSPS) is 12.2. The van der Waals surface area contributed by atoms with Crippen LogP contribution in [0.1, 0.15) is 29.8 Å². The maximum Gasteiger partial charge on any atom is 0.343 e. The Kier molecular flexibility index (Phi) is 6.33. The second-order valence-electron chi connectivity index (χ2n) is 6.39. The van der Waals surface area contributed by atoms with Crippen molar-refractivity contribution in [3.63, 3.8) is 0 Å². The van der Waals surface area contributed by atoms with Crippen LogP contribution < -0.4 is 4.90 Å². The largest absolute Gasteiger partial charge is 0.508 e. The molecule has 3 aromatic rings. The molecule has 2 N–H and O–H groups in total. The van der Waals surface area contributed by atoms with E-state index in [-0.39, 0.29) is 36.7 Å². The van der Waals surface area contributed by atoms with Crippen LogP contribution in [0.5, 0.6) is 5.75 Å². The first kappa shape index (κ1) is 21.0. The summed E-state index contributed by atoms with van der Waals surface area (Å²) in [5.74, 6) is -0.714. The highest BCUT2D eigenvalue weighted by Gasteiger charge is 2.23. The Labute approximate surface area is 174 Å². The van der Waals surface area contributed by atoms with E-state index in [1.807, 2.05) is 0 Å². The van der Waals surface area contributed by atoms with E-state index in [9.17, 15) is 19.4 Å². The number of aromatic hydroxyl groups is 1. The molecule has 1 atom stereocenters. The monoisotopic (exact) mass is 466 g/mol. The maximum atomic E-state index is 13.7. The molecule has 0 bridgehead atoms. The Morgan fingerprint density at radius 2 is 2.21 bits per heavy atom. The zero-order chi connectivity index (χ0) is 21.1. The minimum Gasteiger partial charge on any atom is -0.508 e. The van der Waals surface area contributed by atoms with E-state index < -0.39 is 17.8 Å². The molecule has 3 rings (SSSR count). The van der Waals surface area contributed by atoms with Crippen molar-refractivity contribution in [2.45, 2.75) is 26.4 Å². The zero-order valence-electron chi connectivity index (χ0n) is 15.8. The lowest BCUT2D eigenvalue weighted by Gasteiger charge is -2.30. The molecule has 0 saturated heterocycles. The van der Waals surface area contributed by atoms with Gasteiger partial charge in [0.15, 0.2) is 5.65 Å². The Morgan fingerprint density at radius 3 is 2.90 bits per heavy atom. The molecule has 0 spiro atoms. The highest BCUT2D eigenvalue weighted by molar-refractivity contribution is 9.10. The van der Waals surface area contributed by atoms with Crippen LogP contribution in [0.2, 0.25) is 0 Å². The number of hydrogen-bond acceptors (Lipinski definition) is 7. The Morgan fingerprint density at radius 1 is 1.45 bits per heavy atom. The van der Waals surface area contributed by atoms with E-state index in [1.165, 1.54) is 22.8 Å². The summed E-state index contributed by atoms with van der Waals surface area (Å²) in [6, 6.07) is 3.24. The van der Waals surface area contributed by atoms with Crippen molar-refractivity contribution < 1.29 is 24.1 Å². The van der Waals surface area contributed by atoms with Gasteiger partial charge >= 0.3 is 5.97 Å². The number of carbonyl (C=O) groups is 1. The molecule has 10 heteroatoms. The number of carbonyl (C=O) groups excluding carboxylic acids is 1. The first-order valence-electron chi connectivity index (χ1n) is 8.91. The SMILES string of the molecule is CCOC(=O)c1cnn2cc(Br)c(N(Cc3cc(F)ccc3O)[C@@H](C)CO)nc12. The Hall–Kier alpha value is -2.72. The molecule has 0 aliphatic carbocycles. The van der Waals surface area contributed by atoms with Crippen LogP contribution in [0.25, 0.3) is 5.65 Å². The second-order valence-corrected chi connectivity index (χ2v) is 7.25. The number of aliphatic hydroxyl groups excluding tert-OH is 1. The lowest BCUT2D eigenvalue weighted by molar-refractivity contribution is 0.0528. The van der Waals surface area contributed by atoms with Crippen molar-refractivity contribution in [1.82, 2.24) is 14.6 Å². The molecule has 154 valence electrons. The number of hydrogen-bond donors (Lipinski definition) is 2. The predicted molar refractivity (Wildman–Crippen MR) is 107 cm³/mol. The molecule has 0 aliphatic rings. The summed E-state index contributed by atoms with van der Waals surface area (Å²) in [5, 5.41) is 24.0. The molecule has 0 unspecified atom stereocenters. The molecule has 0 aliphatic heterocycles. The van der Waals surface area contributed by atoms with Crippen LogP contribution in [0.3, 0.4) is 0 Å². The molecular weight excluding hydrogens is 447 g/mol. The molecular formula is C19H20BrFN4O4. The van der Waals surface area contributed by atoms with Gasteiger partial charge in [0.1, 0.15) is 22.9 Å². The number of aliphatic hydroxyl groups is 1. The minimum atomic E-state index is -0.548. The summed E-state index contributed by atoms with van der Waals surface area (Å²) in [5.41, 5.74) is 0.809. The number of phenolic OH excluding ortho intramolecular Hbond substituents is 1. The third-order valence-electron chi connectivity index (χ3n) is 4.38. The number of rotatable bonds is 7. The topological polar surface area (TPSA) is 100 Å². The highest BCUT2D eigenvalue weighted by atomic mass is 79.9. The number of esters is 1. The van der Waals surface area contributed by atoms with Crippen LogP contribution in [0, 0.1) is 5.82 Å². The fourth-order valence-electron chi connectivity index (χ4n) is 2.84. The third-order valence-corrected chi connectivity index (χ3v) is 4.94. The number of ether oxygens (including phenoxy) is 1. The molecule has 8 nitrogen and oxygen atoms in total. The van der Waals surface area contributed by atoms with Gasteiger partial charge in [-0.3, -0.25) is 0 Å². The van der Waals surface area contributed by atoms with E-state index in [1.54, 1.807) is 24.9 Å². The van der Waals surface area contributed by atoms with Crippen LogP contribution >= 0.6 is 15.9 Å². The van der Waals surface area contributed by atoms with E-state index in [4.69, 9.17) is 4.74 Å². The van der Waals surface area contributed by atoms with Gasteiger partial charge in [0, 0.05) is 18.3 Å². The van der Waals surface area contributed by atoms with Gasteiger partial charge in [0.25, 0.3) is 0 Å². The van der Waals surface area contributed by atoms with Crippen molar-refractivity contribution >= 4 is 33.4 Å². The lowest BCUT2D eigenvalue weighted by atomic mass is 10.1. The summed E-state index contributed by atoms with van der Waals surface area (Å²) >= 11 is 3.44. The summed E-state index contributed by atoms with van der Waals surface area (Å²) in [4.78, 5) is 18.4. The number of phenols is 1. The number of aromatic nitrogens is 3. The molecule has 2 aromatic heterocycles. The van der Waals surface area contributed by atoms with Crippen molar-refractivity contribution in [2.24, 2.45) is 0 Å². The zero-order valence-corrected chi connectivity index (χ0v) is 17.4. The fraction of sp³-hybridized carbons (Fsp3) is 0.316. The molecule has 0 amide bonds. The summed E-state index contributed by atoms with van der Waals surface area (Å²) in [6.45, 7) is 3.55. The molecule has 1 aromatic carbocycles. The lowest BCUT2D eigenvalue weighted by Crippen LogP contribution is -2.36. The second kappa shape index (κ2) is 8.75. The summed E-state index contributed by atoms with van der Waals surface area (Å²) in [7, 11) is 0. The average Bonchev–Trinajstić information content (AvgIpc) is 3.10. The van der Waals surface area contributed by atoms with E-state index in [0.29, 0.717) is 15.9 Å². The van der Waals surface area contributed by atoms with Crippen LogP contribution in [-0.2, 0) is 11.3 Å². The molecule has 0 saturated carbocycles. The number of halogens is 2. The van der Waals surface area contributed by atoms with Crippen molar-refractivity contribution in [3.8, 4) is 5.75 Å². The third kappa shape index (κ3) is 4.33. The number of nitrogens with zero attached hydrogens (tertiary/aromatic N) is 4. The minimum absolute atomic E-state index is 0.0738. The van der Waals surface area contributed by atoms with Gasteiger partial charge in [-0.2, -0.15) is 5.10 Å². The first-order chi connectivity index (χ1) is 13.8. The van der Waals surface area contributed by atoms with Gasteiger partial charge in [-0.15, -0.1) is 0 Å². The van der Waals surface area contributed by atoms with E-state index >= 15 is 0 Å². The first-order valence-corrected chi connectivity index (χ1v) is 9.70. The fourth-order valence-corrected chi connectivity index (χ4v) is 3.35. The predicted octanol–water partition coefficient (Wildman–Crippen LogP) is 2.90. The highest BCUT2D eigenvalue weighted by Crippen LogP contribution is 2.30. The maximum absolute atomic E-state index is 13.7. The van der Waals surface area contributed by atoms with Gasteiger partial charge < -0.3 is 19.8 Å². The molecule has 0 radical (unpaired) electrons. The number of fused-ring (bicyclic) bond motifs is 1. The van der Waals surface area contributed by atoms with Crippen LogP contribution in [-0.4, -0.2) is 50.0 Å².